The summed E-state index contributed by atoms with van der Waals surface area (Å²) in [6, 6.07) is 8.83. The van der Waals surface area contributed by atoms with E-state index in [0.717, 1.165) is 25.8 Å². The Kier molecular flexibility index (Phi) is 7.06. The number of ether oxygens (including phenoxy) is 2. The van der Waals surface area contributed by atoms with E-state index in [9.17, 15) is 4.79 Å². The van der Waals surface area contributed by atoms with Gasteiger partial charge in [-0.05, 0) is 43.2 Å². The third-order valence-corrected chi connectivity index (χ3v) is 4.76. The Labute approximate surface area is 139 Å². The molecule has 0 heterocycles. The number of rotatable bonds is 7. The summed E-state index contributed by atoms with van der Waals surface area (Å²) in [4.78, 5) is 11.9. The van der Waals surface area contributed by atoms with E-state index in [1.807, 2.05) is 13.0 Å². The van der Waals surface area contributed by atoms with E-state index >= 15 is 0 Å². The molecule has 1 fully saturated rings. The van der Waals surface area contributed by atoms with Crippen molar-refractivity contribution in [2.24, 2.45) is 11.8 Å². The maximum Gasteiger partial charge on any atom is 0.308 e. The molecule has 0 spiro atoms. The third-order valence-electron chi connectivity index (χ3n) is 4.76. The molecule has 0 bridgehead atoms. The predicted molar refractivity (Wildman–Crippen MR) is 90.9 cm³/mol. The third kappa shape index (κ3) is 5.05. The first-order valence-corrected chi connectivity index (χ1v) is 8.61. The van der Waals surface area contributed by atoms with Crippen molar-refractivity contribution in [2.75, 3.05) is 13.7 Å². The van der Waals surface area contributed by atoms with Crippen molar-refractivity contribution in [2.45, 2.75) is 52.3 Å². The van der Waals surface area contributed by atoms with Crippen LogP contribution in [-0.2, 0) is 27.4 Å². The van der Waals surface area contributed by atoms with Gasteiger partial charge in [0.1, 0.15) is 0 Å². The lowest BCUT2D eigenvalue weighted by molar-refractivity contribution is -0.149. The lowest BCUT2D eigenvalue weighted by Crippen LogP contribution is -2.41. The lowest BCUT2D eigenvalue weighted by atomic mass is 9.79. The molecule has 0 unspecified atom stereocenters. The molecule has 4 heteroatoms. The average Bonchev–Trinajstić information content (AvgIpc) is 2.55. The minimum Gasteiger partial charge on any atom is -0.466 e. The van der Waals surface area contributed by atoms with Crippen LogP contribution in [0.1, 0.15) is 44.2 Å². The Hall–Kier alpha value is -1.39. The van der Waals surface area contributed by atoms with E-state index in [4.69, 9.17) is 9.47 Å². The Morgan fingerprint density at radius 2 is 2.00 bits per heavy atom. The molecular formula is C19H29NO3. The number of hydrogen-bond donors (Lipinski definition) is 1. The Balaban J connectivity index is 1.87. The van der Waals surface area contributed by atoms with Crippen molar-refractivity contribution < 1.29 is 14.3 Å². The fourth-order valence-corrected chi connectivity index (χ4v) is 3.44. The molecule has 0 radical (unpaired) electrons. The maximum absolute atomic E-state index is 11.9. The van der Waals surface area contributed by atoms with Crippen LogP contribution in [0.5, 0.6) is 0 Å². The summed E-state index contributed by atoms with van der Waals surface area (Å²) in [5.41, 5.74) is 2.52. The van der Waals surface area contributed by atoms with Gasteiger partial charge >= 0.3 is 5.97 Å². The summed E-state index contributed by atoms with van der Waals surface area (Å²) in [5, 5.41) is 3.67. The van der Waals surface area contributed by atoms with Crippen LogP contribution >= 0.6 is 0 Å². The van der Waals surface area contributed by atoms with Gasteiger partial charge in [-0.3, -0.25) is 4.79 Å². The van der Waals surface area contributed by atoms with E-state index in [1.54, 1.807) is 7.11 Å². The van der Waals surface area contributed by atoms with E-state index < -0.39 is 0 Å². The molecule has 4 nitrogen and oxygen atoms in total. The van der Waals surface area contributed by atoms with Crippen molar-refractivity contribution in [3.8, 4) is 0 Å². The number of nitrogens with one attached hydrogen (secondary N) is 1. The summed E-state index contributed by atoms with van der Waals surface area (Å²) < 4.78 is 10.4. The Morgan fingerprint density at radius 3 is 2.65 bits per heavy atom. The molecule has 1 N–H and O–H groups in total. The molecule has 1 aromatic carbocycles. The first-order valence-electron chi connectivity index (χ1n) is 8.61. The molecule has 0 aromatic heterocycles. The maximum atomic E-state index is 11.9. The summed E-state index contributed by atoms with van der Waals surface area (Å²) in [6.45, 7) is 6.05. The molecule has 1 saturated carbocycles. The van der Waals surface area contributed by atoms with Gasteiger partial charge in [0.15, 0.2) is 0 Å². The highest BCUT2D eigenvalue weighted by Gasteiger charge is 2.31. The molecule has 128 valence electrons. The SMILES string of the molecule is CCOC(=O)[C@@H]1CC[C@@H](NCc2ccccc2COC)[C@@H](C)C1. The average molecular weight is 319 g/mol. The first-order chi connectivity index (χ1) is 11.2. The van der Waals surface area contributed by atoms with Gasteiger partial charge in [0.05, 0.1) is 19.1 Å². The van der Waals surface area contributed by atoms with Gasteiger partial charge in [-0.2, -0.15) is 0 Å². The van der Waals surface area contributed by atoms with Gasteiger partial charge in [-0.15, -0.1) is 0 Å². The summed E-state index contributed by atoms with van der Waals surface area (Å²) in [6.07, 6.45) is 2.86. The number of carbonyl (C=O) groups is 1. The van der Waals surface area contributed by atoms with Crippen LogP contribution in [0.2, 0.25) is 0 Å². The highest BCUT2D eigenvalue weighted by Crippen LogP contribution is 2.30. The fraction of sp³-hybridized carbons (Fsp3) is 0.632. The predicted octanol–water partition coefficient (Wildman–Crippen LogP) is 3.29. The lowest BCUT2D eigenvalue weighted by Gasteiger charge is -2.34. The first kappa shape index (κ1) is 18.0. The Bertz CT molecular complexity index is 503. The molecular weight excluding hydrogens is 290 g/mol. The second-order valence-electron chi connectivity index (χ2n) is 6.43. The summed E-state index contributed by atoms with van der Waals surface area (Å²) >= 11 is 0. The smallest absolute Gasteiger partial charge is 0.308 e. The van der Waals surface area contributed by atoms with Gasteiger partial charge in [0.25, 0.3) is 0 Å². The number of hydrogen-bond acceptors (Lipinski definition) is 4. The fourth-order valence-electron chi connectivity index (χ4n) is 3.44. The molecule has 23 heavy (non-hydrogen) atoms. The monoisotopic (exact) mass is 319 g/mol. The van der Waals surface area contributed by atoms with Crippen LogP contribution in [0.4, 0.5) is 0 Å². The normalized spacial score (nSPS) is 24.4. The van der Waals surface area contributed by atoms with Gasteiger partial charge in [-0.25, -0.2) is 0 Å². The van der Waals surface area contributed by atoms with E-state index in [0.29, 0.717) is 25.2 Å². The van der Waals surface area contributed by atoms with Crippen LogP contribution in [0.3, 0.4) is 0 Å². The van der Waals surface area contributed by atoms with E-state index in [-0.39, 0.29) is 11.9 Å². The minimum atomic E-state index is -0.0248. The molecule has 1 aromatic rings. The molecule has 3 atom stereocenters. The summed E-state index contributed by atoms with van der Waals surface area (Å²) in [7, 11) is 1.73. The van der Waals surface area contributed by atoms with Crippen LogP contribution in [0.25, 0.3) is 0 Å². The second kappa shape index (κ2) is 9.04. The number of carbonyl (C=O) groups excluding carboxylic acids is 1. The molecule has 0 aliphatic heterocycles. The molecule has 0 amide bonds. The zero-order valence-corrected chi connectivity index (χ0v) is 14.5. The quantitative estimate of drug-likeness (QED) is 0.784. The zero-order chi connectivity index (χ0) is 16.7. The van der Waals surface area contributed by atoms with Crippen LogP contribution < -0.4 is 5.32 Å². The van der Waals surface area contributed by atoms with Crippen LogP contribution in [-0.4, -0.2) is 25.7 Å². The number of esters is 1. The second-order valence-corrected chi connectivity index (χ2v) is 6.43. The van der Waals surface area contributed by atoms with Crippen molar-refractivity contribution in [3.05, 3.63) is 35.4 Å². The van der Waals surface area contributed by atoms with Gasteiger partial charge in [-0.1, -0.05) is 31.2 Å². The molecule has 2 rings (SSSR count). The van der Waals surface area contributed by atoms with E-state index in [1.165, 1.54) is 11.1 Å². The van der Waals surface area contributed by atoms with Crippen molar-refractivity contribution in [3.63, 3.8) is 0 Å². The van der Waals surface area contributed by atoms with Crippen molar-refractivity contribution >= 4 is 5.97 Å². The van der Waals surface area contributed by atoms with Crippen LogP contribution in [0, 0.1) is 11.8 Å². The Morgan fingerprint density at radius 1 is 1.26 bits per heavy atom. The highest BCUT2D eigenvalue weighted by atomic mass is 16.5. The number of benzene rings is 1. The van der Waals surface area contributed by atoms with Gasteiger partial charge in [0.2, 0.25) is 0 Å². The minimum absolute atomic E-state index is 0.0248. The number of methoxy groups -OCH3 is 1. The highest BCUT2D eigenvalue weighted by molar-refractivity contribution is 5.72. The largest absolute Gasteiger partial charge is 0.466 e. The molecule has 0 saturated heterocycles. The van der Waals surface area contributed by atoms with Crippen LogP contribution in [0.15, 0.2) is 24.3 Å². The van der Waals surface area contributed by atoms with Gasteiger partial charge < -0.3 is 14.8 Å². The summed E-state index contributed by atoms with van der Waals surface area (Å²) in [5.74, 6) is 0.528. The van der Waals surface area contributed by atoms with Crippen molar-refractivity contribution in [1.82, 2.24) is 5.32 Å². The van der Waals surface area contributed by atoms with Crippen molar-refractivity contribution in [1.29, 1.82) is 0 Å². The standard InChI is InChI=1S/C19H29NO3/c1-4-23-19(21)15-9-10-18(14(2)11-15)20-12-16-7-5-6-8-17(16)13-22-3/h5-8,14-15,18,20H,4,9-13H2,1-3H3/t14-,15+,18+/m0/s1. The van der Waals surface area contributed by atoms with E-state index in [2.05, 4.69) is 30.4 Å². The van der Waals surface area contributed by atoms with Gasteiger partial charge in [0, 0.05) is 19.7 Å². The zero-order valence-electron chi connectivity index (χ0n) is 14.5. The molecule has 1 aliphatic carbocycles. The molecule has 1 aliphatic rings. The topological polar surface area (TPSA) is 47.6 Å².